The van der Waals surface area contributed by atoms with Crippen LogP contribution in [0.5, 0.6) is 0 Å². The summed E-state index contributed by atoms with van der Waals surface area (Å²) >= 11 is 3.34. The van der Waals surface area contributed by atoms with Crippen molar-refractivity contribution in [2.75, 3.05) is 37.0 Å². The molecule has 0 saturated carbocycles. The number of rotatable bonds is 3. The first-order valence-electron chi connectivity index (χ1n) is 5.43. The molecule has 8 heteroatoms. The predicted molar refractivity (Wildman–Crippen MR) is 80.5 cm³/mol. The molecule has 18 heavy (non-hydrogen) atoms. The molecule has 5 nitrogen and oxygen atoms in total. The maximum absolute atomic E-state index is 12.0. The van der Waals surface area contributed by atoms with Gasteiger partial charge < -0.3 is 10.2 Å². The van der Waals surface area contributed by atoms with Gasteiger partial charge >= 0.3 is 0 Å². The average molecular weight is 352 g/mol. The number of sulfonamides is 1. The quantitative estimate of drug-likeness (QED) is 0.815. The molecule has 100 valence electrons. The fourth-order valence-corrected chi connectivity index (χ4v) is 4.95. The summed E-state index contributed by atoms with van der Waals surface area (Å²) in [6.45, 7) is 3.50. The second-order valence-electron chi connectivity index (χ2n) is 4.00. The Labute approximate surface area is 117 Å². The van der Waals surface area contributed by atoms with Crippen LogP contribution in [-0.4, -0.2) is 35.2 Å². The second-order valence-corrected chi connectivity index (χ2v) is 7.62. The maximum Gasteiger partial charge on any atom is 0.244 e. The van der Waals surface area contributed by atoms with Gasteiger partial charge in [0.25, 0.3) is 0 Å². The van der Waals surface area contributed by atoms with Gasteiger partial charge in [0.15, 0.2) is 0 Å². The van der Waals surface area contributed by atoms with E-state index in [1.54, 1.807) is 12.7 Å². The minimum atomic E-state index is -3.44. The monoisotopic (exact) mass is 351 g/mol. The molecule has 0 aromatic heterocycles. The van der Waals surface area contributed by atoms with E-state index in [1.807, 2.05) is 13.1 Å². The largest absolute Gasteiger partial charge is 0.382 e. The van der Waals surface area contributed by atoms with Crippen molar-refractivity contribution in [1.82, 2.24) is 4.49 Å². The Morgan fingerprint density at radius 2 is 2.22 bits per heavy atom. The minimum Gasteiger partial charge on any atom is -0.382 e. The first-order valence-corrected chi connectivity index (χ1v) is 9.20. The first kappa shape index (κ1) is 14.1. The third-order valence-corrected chi connectivity index (χ3v) is 6.48. The Bertz CT molecular complexity index is 564. The van der Waals surface area contributed by atoms with Gasteiger partial charge in [0.2, 0.25) is 10.0 Å². The lowest BCUT2D eigenvalue weighted by molar-refractivity contribution is 0.594. The molecule has 0 spiro atoms. The topological polar surface area (TPSA) is 61.4 Å². The Kier molecular flexibility index (Phi) is 4.16. The van der Waals surface area contributed by atoms with Crippen molar-refractivity contribution in [2.24, 2.45) is 0 Å². The smallest absolute Gasteiger partial charge is 0.244 e. The van der Waals surface area contributed by atoms with Crippen LogP contribution in [0.15, 0.2) is 21.5 Å². The SMILES string of the molecule is CPNS(=O)(=O)c1cc2c(cc1Br)N(C)CCN2. The van der Waals surface area contributed by atoms with Crippen LogP contribution in [0, 0.1) is 0 Å². The number of benzene rings is 1. The van der Waals surface area contributed by atoms with Gasteiger partial charge in [-0.3, -0.25) is 0 Å². The van der Waals surface area contributed by atoms with Crippen LogP contribution < -0.4 is 14.7 Å². The van der Waals surface area contributed by atoms with E-state index in [0.29, 0.717) is 4.47 Å². The average Bonchev–Trinajstić information content (AvgIpc) is 2.29. The summed E-state index contributed by atoms with van der Waals surface area (Å²) < 4.78 is 27.2. The van der Waals surface area contributed by atoms with E-state index in [2.05, 4.69) is 30.6 Å². The third-order valence-electron chi connectivity index (χ3n) is 2.75. The highest BCUT2D eigenvalue weighted by Gasteiger charge is 2.22. The van der Waals surface area contributed by atoms with Crippen molar-refractivity contribution in [3.05, 3.63) is 16.6 Å². The molecule has 1 unspecified atom stereocenters. The van der Waals surface area contributed by atoms with Crippen LogP contribution in [0.1, 0.15) is 0 Å². The standard InChI is InChI=1S/C10H15BrN3O2PS/c1-14-4-3-12-8-6-10(7(11)5-9(8)14)18(15,16)13-17-2/h5-6,12-13,17H,3-4H2,1-2H3. The van der Waals surface area contributed by atoms with Crippen molar-refractivity contribution in [2.45, 2.75) is 4.90 Å². The lowest BCUT2D eigenvalue weighted by Crippen LogP contribution is -2.30. The van der Waals surface area contributed by atoms with Gasteiger partial charge in [-0.05, 0) is 43.5 Å². The molecule has 0 fully saturated rings. The molecule has 0 bridgehead atoms. The molecule has 0 amide bonds. The van der Waals surface area contributed by atoms with E-state index in [9.17, 15) is 8.42 Å². The first-order chi connectivity index (χ1) is 8.45. The number of nitrogens with one attached hydrogen (secondary N) is 2. The highest BCUT2D eigenvalue weighted by Crippen LogP contribution is 2.36. The van der Waals surface area contributed by atoms with Crippen LogP contribution >= 0.6 is 24.7 Å². The van der Waals surface area contributed by atoms with Gasteiger partial charge in [0, 0.05) is 24.6 Å². The summed E-state index contributed by atoms with van der Waals surface area (Å²) in [4.78, 5) is 2.38. The van der Waals surface area contributed by atoms with Crippen molar-refractivity contribution >= 4 is 46.1 Å². The van der Waals surface area contributed by atoms with Crippen molar-refractivity contribution in [1.29, 1.82) is 0 Å². The Hall–Kier alpha value is -0.360. The normalized spacial score (nSPS) is 15.8. The number of likely N-dealkylation sites (N-methyl/N-ethyl adjacent to an activating group) is 1. The Morgan fingerprint density at radius 1 is 1.50 bits per heavy atom. The van der Waals surface area contributed by atoms with E-state index in [-0.39, 0.29) is 13.6 Å². The van der Waals surface area contributed by atoms with E-state index in [1.165, 1.54) is 0 Å². The zero-order valence-electron chi connectivity index (χ0n) is 10.1. The highest BCUT2D eigenvalue weighted by molar-refractivity contribution is 9.10. The van der Waals surface area contributed by atoms with Crippen molar-refractivity contribution in [3.63, 3.8) is 0 Å². The molecule has 1 atom stereocenters. The summed E-state index contributed by atoms with van der Waals surface area (Å²) in [5.74, 6) is 0. The maximum atomic E-state index is 12.0. The fraction of sp³-hybridized carbons (Fsp3) is 0.400. The van der Waals surface area contributed by atoms with Gasteiger partial charge in [0.05, 0.1) is 16.3 Å². The molecule has 1 aliphatic rings. The summed E-state index contributed by atoms with van der Waals surface area (Å²) in [7, 11) is -1.30. The van der Waals surface area contributed by atoms with E-state index in [4.69, 9.17) is 0 Å². The van der Waals surface area contributed by atoms with Gasteiger partial charge in [-0.15, -0.1) is 0 Å². The Morgan fingerprint density at radius 3 is 2.89 bits per heavy atom. The summed E-state index contributed by atoms with van der Waals surface area (Å²) in [6.07, 6.45) is 0. The molecule has 0 radical (unpaired) electrons. The van der Waals surface area contributed by atoms with Gasteiger partial charge in [-0.2, -0.15) is 4.49 Å². The zero-order valence-corrected chi connectivity index (χ0v) is 13.5. The fourth-order valence-electron chi connectivity index (χ4n) is 1.87. The number of fused-ring (bicyclic) bond motifs is 1. The summed E-state index contributed by atoms with van der Waals surface area (Å²) in [6, 6.07) is 3.52. The van der Waals surface area contributed by atoms with E-state index in [0.717, 1.165) is 24.5 Å². The molecule has 1 heterocycles. The molecular weight excluding hydrogens is 337 g/mol. The van der Waals surface area contributed by atoms with Crippen LogP contribution in [0.2, 0.25) is 0 Å². The number of nitrogens with zero attached hydrogens (tertiary/aromatic N) is 1. The molecule has 0 aliphatic carbocycles. The van der Waals surface area contributed by atoms with Crippen LogP contribution in [0.25, 0.3) is 0 Å². The minimum absolute atomic E-state index is 0.145. The van der Waals surface area contributed by atoms with Crippen LogP contribution in [0.3, 0.4) is 0 Å². The molecule has 2 rings (SSSR count). The molecule has 2 N–H and O–H groups in total. The molecular formula is C10H15BrN3O2PS. The molecule has 0 saturated heterocycles. The van der Waals surface area contributed by atoms with E-state index >= 15 is 0 Å². The van der Waals surface area contributed by atoms with Crippen molar-refractivity contribution < 1.29 is 8.42 Å². The van der Waals surface area contributed by atoms with Crippen LogP contribution in [0.4, 0.5) is 11.4 Å². The summed E-state index contributed by atoms with van der Waals surface area (Å²) in [5.41, 5.74) is 1.86. The number of anilines is 2. The molecule has 1 aliphatic heterocycles. The van der Waals surface area contributed by atoms with Crippen LogP contribution in [-0.2, 0) is 10.0 Å². The van der Waals surface area contributed by atoms with Gasteiger partial charge in [-0.25, -0.2) is 8.42 Å². The van der Waals surface area contributed by atoms with Crippen molar-refractivity contribution in [3.8, 4) is 0 Å². The Balaban J connectivity index is 2.52. The number of hydrogen-bond acceptors (Lipinski definition) is 4. The summed E-state index contributed by atoms with van der Waals surface area (Å²) in [5, 5.41) is 3.22. The lowest BCUT2D eigenvalue weighted by atomic mass is 10.2. The van der Waals surface area contributed by atoms with E-state index < -0.39 is 10.0 Å². The molecule has 1 aromatic carbocycles. The number of hydrogen-bond donors (Lipinski definition) is 2. The lowest BCUT2D eigenvalue weighted by Gasteiger charge is -2.29. The van der Waals surface area contributed by atoms with Gasteiger partial charge in [0.1, 0.15) is 0 Å². The third kappa shape index (κ3) is 2.64. The highest BCUT2D eigenvalue weighted by atomic mass is 79.9. The predicted octanol–water partition coefficient (Wildman–Crippen LogP) is 1.81. The van der Waals surface area contributed by atoms with Gasteiger partial charge in [-0.1, -0.05) is 0 Å². The molecule has 1 aromatic rings. The second kappa shape index (κ2) is 5.33. The number of halogens is 1. The zero-order chi connectivity index (χ0) is 13.3.